The molecule has 0 unspecified atom stereocenters. The molecule has 1 aromatic carbocycles. The van der Waals surface area contributed by atoms with Crippen LogP contribution < -0.4 is 22.1 Å². The van der Waals surface area contributed by atoms with Crippen molar-refractivity contribution in [3.8, 4) is 0 Å². The Hall–Kier alpha value is -2.74. The lowest BCUT2D eigenvalue weighted by Crippen LogP contribution is -2.44. The predicted molar refractivity (Wildman–Crippen MR) is 125 cm³/mol. The molecule has 0 aliphatic rings. The zero-order valence-corrected chi connectivity index (χ0v) is 19.3. The summed E-state index contributed by atoms with van der Waals surface area (Å²) in [7, 11) is 0. The van der Waals surface area contributed by atoms with Crippen molar-refractivity contribution in [2.24, 2.45) is 17.4 Å². The number of ketones is 1. The first-order chi connectivity index (χ1) is 15.3. The second-order valence-corrected chi connectivity index (χ2v) is 8.27. The van der Waals surface area contributed by atoms with Crippen molar-refractivity contribution in [3.63, 3.8) is 0 Å². The Morgan fingerprint density at radius 3 is 2.22 bits per heavy atom. The minimum absolute atomic E-state index is 0.0170. The summed E-state index contributed by atoms with van der Waals surface area (Å²) in [5.41, 5.74) is 11.3. The molecule has 0 radical (unpaired) electrons. The van der Waals surface area contributed by atoms with E-state index < -0.39 is 23.9 Å². The normalized spacial score (nSPS) is 13.6. The van der Waals surface area contributed by atoms with Crippen LogP contribution in [0.1, 0.15) is 75.6 Å². The number of amides is 3. The third-order valence-electron chi connectivity index (χ3n) is 5.30. The quantitative estimate of drug-likeness (QED) is 0.287. The Morgan fingerprint density at radius 1 is 0.938 bits per heavy atom. The number of hydrogen-bond acceptors (Lipinski definition) is 5. The molecule has 8 heteroatoms. The summed E-state index contributed by atoms with van der Waals surface area (Å²) >= 11 is 0. The molecular weight excluding hydrogens is 408 g/mol. The van der Waals surface area contributed by atoms with Crippen molar-refractivity contribution in [2.45, 2.75) is 77.3 Å². The number of nitrogens with one attached hydrogen (secondary N) is 2. The molecule has 0 heterocycles. The number of rotatable bonds is 16. The van der Waals surface area contributed by atoms with E-state index in [2.05, 4.69) is 10.6 Å². The highest BCUT2D eigenvalue weighted by Gasteiger charge is 2.28. The highest BCUT2D eigenvalue weighted by atomic mass is 16.2. The summed E-state index contributed by atoms with van der Waals surface area (Å²) in [4.78, 5) is 49.7. The van der Waals surface area contributed by atoms with Crippen LogP contribution in [0.15, 0.2) is 30.3 Å². The molecule has 3 amide bonds. The lowest BCUT2D eigenvalue weighted by Gasteiger charge is -2.23. The monoisotopic (exact) mass is 446 g/mol. The number of unbranched alkanes of at least 4 members (excludes halogenated alkanes) is 2. The average molecular weight is 447 g/mol. The van der Waals surface area contributed by atoms with Gasteiger partial charge in [-0.25, -0.2) is 0 Å². The SMILES string of the molecule is CCCC[C@H](NC(=O)c1ccccc1)C(=O)C[C@@H](CCCCN)C(=O)N[C@H](C)CC(N)=O. The van der Waals surface area contributed by atoms with Gasteiger partial charge in [-0.15, -0.1) is 0 Å². The van der Waals surface area contributed by atoms with Crippen LogP contribution in [0.2, 0.25) is 0 Å². The van der Waals surface area contributed by atoms with Crippen LogP contribution in [0.25, 0.3) is 0 Å². The largest absolute Gasteiger partial charge is 0.370 e. The molecule has 3 atom stereocenters. The third-order valence-corrected chi connectivity index (χ3v) is 5.30. The molecule has 0 aliphatic carbocycles. The summed E-state index contributed by atoms with van der Waals surface area (Å²) in [6.45, 7) is 4.22. The van der Waals surface area contributed by atoms with E-state index in [9.17, 15) is 19.2 Å². The van der Waals surface area contributed by atoms with E-state index in [1.165, 1.54) is 0 Å². The lowest BCUT2D eigenvalue weighted by molar-refractivity contribution is -0.131. The van der Waals surface area contributed by atoms with Crippen LogP contribution in [-0.2, 0) is 14.4 Å². The maximum absolute atomic E-state index is 13.1. The predicted octanol–water partition coefficient (Wildman–Crippen LogP) is 2.06. The molecule has 178 valence electrons. The van der Waals surface area contributed by atoms with Gasteiger partial charge in [0.15, 0.2) is 5.78 Å². The Labute approximate surface area is 190 Å². The van der Waals surface area contributed by atoms with Gasteiger partial charge >= 0.3 is 0 Å². The van der Waals surface area contributed by atoms with Crippen LogP contribution in [0.4, 0.5) is 0 Å². The molecule has 6 N–H and O–H groups in total. The molecule has 0 saturated carbocycles. The van der Waals surface area contributed by atoms with E-state index in [4.69, 9.17) is 11.5 Å². The number of carbonyl (C=O) groups excluding carboxylic acids is 4. The van der Waals surface area contributed by atoms with Crippen molar-refractivity contribution in [3.05, 3.63) is 35.9 Å². The van der Waals surface area contributed by atoms with Crippen LogP contribution in [0, 0.1) is 5.92 Å². The fourth-order valence-electron chi connectivity index (χ4n) is 3.51. The number of Topliss-reactive ketones (excluding diaryl/α,β-unsaturated/α-hetero) is 1. The molecule has 0 aliphatic heterocycles. The number of carbonyl (C=O) groups is 4. The lowest BCUT2D eigenvalue weighted by atomic mass is 9.90. The van der Waals surface area contributed by atoms with Gasteiger partial charge in [-0.1, -0.05) is 44.4 Å². The summed E-state index contributed by atoms with van der Waals surface area (Å²) in [6, 6.07) is 7.67. The number of nitrogens with two attached hydrogens (primary N) is 2. The Bertz CT molecular complexity index is 739. The molecule has 0 aromatic heterocycles. The first kappa shape index (κ1) is 27.3. The molecule has 0 spiro atoms. The highest BCUT2D eigenvalue weighted by molar-refractivity contribution is 5.98. The maximum atomic E-state index is 13.1. The standard InChI is InChI=1S/C24H38N4O4/c1-3-4-13-20(28-23(31)18-10-6-5-7-11-18)21(29)16-19(12-8-9-14-25)24(32)27-17(2)15-22(26)30/h5-7,10-11,17,19-20H,3-4,8-9,12-16,25H2,1-2H3,(H2,26,30)(H,27,32)(H,28,31)/t17-,19-,20+/m1/s1. The molecule has 0 fully saturated rings. The van der Waals surface area contributed by atoms with Gasteiger partial charge in [-0.2, -0.15) is 0 Å². The summed E-state index contributed by atoms with van der Waals surface area (Å²) in [5, 5.41) is 5.63. The van der Waals surface area contributed by atoms with Crippen molar-refractivity contribution in [2.75, 3.05) is 6.54 Å². The zero-order chi connectivity index (χ0) is 23.9. The number of benzene rings is 1. The van der Waals surface area contributed by atoms with Crippen molar-refractivity contribution in [1.29, 1.82) is 0 Å². The van der Waals surface area contributed by atoms with Crippen molar-refractivity contribution >= 4 is 23.5 Å². The fraction of sp³-hybridized carbons (Fsp3) is 0.583. The van der Waals surface area contributed by atoms with Crippen molar-refractivity contribution in [1.82, 2.24) is 10.6 Å². The van der Waals surface area contributed by atoms with E-state index in [1.807, 2.05) is 13.0 Å². The molecule has 0 saturated heterocycles. The molecule has 1 rings (SSSR count). The van der Waals surface area contributed by atoms with Gasteiger partial charge in [0.05, 0.1) is 6.04 Å². The van der Waals surface area contributed by atoms with E-state index in [0.717, 1.165) is 19.3 Å². The number of primary amides is 1. The Balaban J connectivity index is 2.88. The van der Waals surface area contributed by atoms with Crippen LogP contribution in [-0.4, -0.2) is 42.1 Å². The topological polar surface area (TPSA) is 144 Å². The molecule has 1 aromatic rings. The first-order valence-corrected chi connectivity index (χ1v) is 11.5. The summed E-state index contributed by atoms with van der Waals surface area (Å²) < 4.78 is 0. The summed E-state index contributed by atoms with van der Waals surface area (Å²) in [6.07, 6.45) is 4.20. The van der Waals surface area contributed by atoms with Gasteiger partial charge in [-0.05, 0) is 44.9 Å². The van der Waals surface area contributed by atoms with Gasteiger partial charge in [-0.3, -0.25) is 19.2 Å². The van der Waals surface area contributed by atoms with Crippen LogP contribution in [0.3, 0.4) is 0 Å². The van der Waals surface area contributed by atoms with E-state index in [0.29, 0.717) is 31.4 Å². The van der Waals surface area contributed by atoms with Gasteiger partial charge in [0.2, 0.25) is 11.8 Å². The third kappa shape index (κ3) is 10.5. The minimum atomic E-state index is -0.657. The Morgan fingerprint density at radius 2 is 1.62 bits per heavy atom. The number of hydrogen-bond donors (Lipinski definition) is 4. The minimum Gasteiger partial charge on any atom is -0.370 e. The fourth-order valence-corrected chi connectivity index (χ4v) is 3.51. The van der Waals surface area contributed by atoms with Crippen LogP contribution in [0.5, 0.6) is 0 Å². The highest BCUT2D eigenvalue weighted by Crippen LogP contribution is 2.17. The van der Waals surface area contributed by atoms with Crippen LogP contribution >= 0.6 is 0 Å². The average Bonchev–Trinajstić information content (AvgIpc) is 2.75. The van der Waals surface area contributed by atoms with Gasteiger partial charge in [0, 0.05) is 30.4 Å². The van der Waals surface area contributed by atoms with E-state index >= 15 is 0 Å². The molecule has 32 heavy (non-hydrogen) atoms. The van der Waals surface area contributed by atoms with E-state index in [1.54, 1.807) is 31.2 Å². The Kier molecular flexibility index (Phi) is 12.9. The van der Waals surface area contributed by atoms with E-state index in [-0.39, 0.29) is 30.4 Å². The molecule has 0 bridgehead atoms. The zero-order valence-electron chi connectivity index (χ0n) is 19.3. The molecular formula is C24H38N4O4. The second kappa shape index (κ2) is 15.1. The van der Waals surface area contributed by atoms with Gasteiger partial charge < -0.3 is 22.1 Å². The summed E-state index contributed by atoms with van der Waals surface area (Å²) in [5.74, 6) is -1.82. The molecule has 8 nitrogen and oxygen atoms in total. The maximum Gasteiger partial charge on any atom is 0.251 e. The van der Waals surface area contributed by atoms with Gasteiger partial charge in [0.25, 0.3) is 5.91 Å². The van der Waals surface area contributed by atoms with Crippen molar-refractivity contribution < 1.29 is 19.2 Å². The smallest absolute Gasteiger partial charge is 0.251 e. The first-order valence-electron chi connectivity index (χ1n) is 11.5. The second-order valence-electron chi connectivity index (χ2n) is 8.27. The van der Waals surface area contributed by atoms with Gasteiger partial charge in [0.1, 0.15) is 0 Å².